The van der Waals surface area contributed by atoms with E-state index in [9.17, 15) is 0 Å². The highest BCUT2D eigenvalue weighted by molar-refractivity contribution is 4.87. The van der Waals surface area contributed by atoms with Crippen molar-refractivity contribution in [2.45, 2.75) is 45.1 Å². The number of hydrogen-bond donors (Lipinski definition) is 0. The third-order valence-corrected chi connectivity index (χ3v) is 4.86. The van der Waals surface area contributed by atoms with Crippen molar-refractivity contribution in [3.63, 3.8) is 0 Å². The Bertz CT molecular complexity index is 237. The zero-order valence-corrected chi connectivity index (χ0v) is 10.7. The quantitative estimate of drug-likeness (QED) is 0.722. The topological polar surface area (TPSA) is 6.48 Å². The van der Waals surface area contributed by atoms with Crippen molar-refractivity contribution < 1.29 is 0 Å². The summed E-state index contributed by atoms with van der Waals surface area (Å²) in [5.74, 6) is 2.02. The summed E-state index contributed by atoms with van der Waals surface area (Å²) < 4.78 is 0. The lowest BCUT2D eigenvalue weighted by atomic mass is 10.1. The molecule has 0 aromatic rings. The zero-order chi connectivity index (χ0) is 11.0. The third kappa shape index (κ3) is 2.43. The van der Waals surface area contributed by atoms with Crippen molar-refractivity contribution in [2.24, 2.45) is 11.8 Å². The third-order valence-electron chi connectivity index (χ3n) is 4.86. The maximum absolute atomic E-state index is 2.76. The Kier molecular flexibility index (Phi) is 3.21. The van der Waals surface area contributed by atoms with E-state index in [-0.39, 0.29) is 0 Å². The van der Waals surface area contributed by atoms with Crippen molar-refractivity contribution in [3.8, 4) is 0 Å². The van der Waals surface area contributed by atoms with Crippen LogP contribution >= 0.6 is 0 Å². The molecule has 3 rings (SSSR count). The molecular weight excluding hydrogens is 196 g/mol. The first-order valence-corrected chi connectivity index (χ1v) is 7.29. The van der Waals surface area contributed by atoms with Crippen molar-refractivity contribution in [1.29, 1.82) is 0 Å². The molecule has 16 heavy (non-hydrogen) atoms. The molecule has 0 radical (unpaired) electrons. The Balaban J connectivity index is 1.53. The van der Waals surface area contributed by atoms with Crippen LogP contribution in [0.4, 0.5) is 0 Å². The largest absolute Gasteiger partial charge is 0.301 e. The molecule has 0 spiro atoms. The average molecular weight is 222 g/mol. The molecular formula is C14H26N2. The first kappa shape index (κ1) is 11.0. The van der Waals surface area contributed by atoms with Gasteiger partial charge in [0.25, 0.3) is 0 Å². The molecule has 2 unspecified atom stereocenters. The van der Waals surface area contributed by atoms with Crippen LogP contribution in [0, 0.1) is 11.8 Å². The van der Waals surface area contributed by atoms with Gasteiger partial charge in [0.2, 0.25) is 0 Å². The Hall–Kier alpha value is -0.0800. The fraction of sp³-hybridized carbons (Fsp3) is 1.00. The molecule has 0 amide bonds. The molecule has 2 heteroatoms. The maximum atomic E-state index is 2.76. The lowest BCUT2D eigenvalue weighted by Crippen LogP contribution is -2.38. The summed E-state index contributed by atoms with van der Waals surface area (Å²) in [6.07, 6.45) is 7.30. The van der Waals surface area contributed by atoms with Crippen molar-refractivity contribution in [2.75, 3.05) is 32.7 Å². The van der Waals surface area contributed by atoms with Crippen LogP contribution in [-0.2, 0) is 0 Å². The summed E-state index contributed by atoms with van der Waals surface area (Å²) in [5, 5.41) is 0. The first-order chi connectivity index (χ1) is 7.83. The predicted molar refractivity (Wildman–Crippen MR) is 67.5 cm³/mol. The monoisotopic (exact) mass is 222 g/mol. The van der Waals surface area contributed by atoms with E-state index in [1.54, 1.807) is 0 Å². The Morgan fingerprint density at radius 1 is 1.06 bits per heavy atom. The van der Waals surface area contributed by atoms with E-state index in [2.05, 4.69) is 16.7 Å². The average Bonchev–Trinajstić information content (AvgIpc) is 3.05. The predicted octanol–water partition coefficient (Wildman–Crippen LogP) is 2.20. The van der Waals surface area contributed by atoms with E-state index < -0.39 is 0 Å². The summed E-state index contributed by atoms with van der Waals surface area (Å²) >= 11 is 0. The van der Waals surface area contributed by atoms with Gasteiger partial charge in [-0.2, -0.15) is 0 Å². The number of fused-ring (bicyclic) bond motifs is 1. The standard InChI is InChI=1S/C14H26N2/c1-12(13-5-6-13)10-15-7-3-9-16-8-2-4-14(16)11-15/h12-14H,2-11H2,1H3. The van der Waals surface area contributed by atoms with E-state index in [1.807, 2.05) is 0 Å². The fourth-order valence-corrected chi connectivity index (χ4v) is 3.67. The second-order valence-corrected chi connectivity index (χ2v) is 6.26. The normalized spacial score (nSPS) is 34.7. The molecule has 0 N–H and O–H groups in total. The minimum Gasteiger partial charge on any atom is -0.301 e. The van der Waals surface area contributed by atoms with Gasteiger partial charge >= 0.3 is 0 Å². The maximum Gasteiger partial charge on any atom is 0.0223 e. The second kappa shape index (κ2) is 4.66. The molecule has 0 aromatic heterocycles. The van der Waals surface area contributed by atoms with Crippen LogP contribution in [0.3, 0.4) is 0 Å². The number of hydrogen-bond acceptors (Lipinski definition) is 2. The second-order valence-electron chi connectivity index (χ2n) is 6.26. The van der Waals surface area contributed by atoms with Crippen LogP contribution in [0.15, 0.2) is 0 Å². The van der Waals surface area contributed by atoms with E-state index in [4.69, 9.17) is 0 Å². The van der Waals surface area contributed by atoms with Gasteiger partial charge < -0.3 is 4.90 Å². The molecule has 3 fully saturated rings. The van der Waals surface area contributed by atoms with E-state index >= 15 is 0 Å². The van der Waals surface area contributed by atoms with Gasteiger partial charge in [0.1, 0.15) is 0 Å². The molecule has 2 saturated heterocycles. The molecule has 1 aliphatic carbocycles. The Labute approximate surface area is 100.0 Å². The van der Waals surface area contributed by atoms with Gasteiger partial charge in [-0.15, -0.1) is 0 Å². The molecule has 3 aliphatic rings. The number of rotatable bonds is 3. The van der Waals surface area contributed by atoms with Gasteiger partial charge in [0.05, 0.1) is 0 Å². The summed E-state index contributed by atoms with van der Waals surface area (Å²) in [4.78, 5) is 5.50. The van der Waals surface area contributed by atoms with Crippen LogP contribution in [0.1, 0.15) is 39.0 Å². The summed E-state index contributed by atoms with van der Waals surface area (Å²) in [5.41, 5.74) is 0. The van der Waals surface area contributed by atoms with Crippen LogP contribution in [0.25, 0.3) is 0 Å². The summed E-state index contributed by atoms with van der Waals surface area (Å²) in [6.45, 7) is 9.28. The minimum atomic E-state index is 0.897. The molecule has 2 aliphatic heterocycles. The van der Waals surface area contributed by atoms with Gasteiger partial charge in [-0.05, 0) is 63.6 Å². The zero-order valence-electron chi connectivity index (χ0n) is 10.7. The Morgan fingerprint density at radius 2 is 1.88 bits per heavy atom. The van der Waals surface area contributed by atoms with Gasteiger partial charge in [-0.3, -0.25) is 4.90 Å². The Morgan fingerprint density at radius 3 is 2.69 bits per heavy atom. The van der Waals surface area contributed by atoms with Gasteiger partial charge in [-0.25, -0.2) is 0 Å². The molecule has 2 heterocycles. The fourth-order valence-electron chi connectivity index (χ4n) is 3.67. The lowest BCUT2D eigenvalue weighted by Gasteiger charge is -2.27. The highest BCUT2D eigenvalue weighted by Gasteiger charge is 2.32. The molecule has 2 nitrogen and oxygen atoms in total. The van der Waals surface area contributed by atoms with Crippen molar-refractivity contribution >= 4 is 0 Å². The molecule has 2 atom stereocenters. The smallest absolute Gasteiger partial charge is 0.0223 e. The van der Waals surface area contributed by atoms with Crippen molar-refractivity contribution in [1.82, 2.24) is 9.80 Å². The lowest BCUT2D eigenvalue weighted by molar-refractivity contribution is 0.196. The van der Waals surface area contributed by atoms with Gasteiger partial charge in [-0.1, -0.05) is 6.92 Å². The minimum absolute atomic E-state index is 0.897. The molecule has 92 valence electrons. The van der Waals surface area contributed by atoms with Crippen LogP contribution < -0.4 is 0 Å². The molecule has 1 saturated carbocycles. The molecule has 0 bridgehead atoms. The summed E-state index contributed by atoms with van der Waals surface area (Å²) in [7, 11) is 0. The van der Waals surface area contributed by atoms with Crippen LogP contribution in [0.2, 0.25) is 0 Å². The highest BCUT2D eigenvalue weighted by Crippen LogP contribution is 2.37. The molecule has 0 aromatic carbocycles. The van der Waals surface area contributed by atoms with Gasteiger partial charge in [0.15, 0.2) is 0 Å². The van der Waals surface area contributed by atoms with Crippen molar-refractivity contribution in [3.05, 3.63) is 0 Å². The van der Waals surface area contributed by atoms with Gasteiger partial charge in [0, 0.05) is 19.1 Å². The highest BCUT2D eigenvalue weighted by atomic mass is 15.3. The van der Waals surface area contributed by atoms with E-state index in [0.717, 1.165) is 17.9 Å². The van der Waals surface area contributed by atoms with Crippen LogP contribution in [-0.4, -0.2) is 48.6 Å². The number of nitrogens with zero attached hydrogens (tertiary/aromatic N) is 2. The van der Waals surface area contributed by atoms with E-state index in [0.29, 0.717) is 0 Å². The summed E-state index contributed by atoms with van der Waals surface area (Å²) in [6, 6.07) is 0.897. The van der Waals surface area contributed by atoms with Crippen LogP contribution in [0.5, 0.6) is 0 Å². The SMILES string of the molecule is CC(CN1CCCN2CCCC2C1)C1CC1. The first-order valence-electron chi connectivity index (χ1n) is 7.29. The van der Waals surface area contributed by atoms with E-state index in [1.165, 1.54) is 64.8 Å².